The van der Waals surface area contributed by atoms with E-state index in [0.29, 0.717) is 0 Å². The van der Waals surface area contributed by atoms with Crippen molar-refractivity contribution in [3.8, 4) is 0 Å². The smallest absolute Gasteiger partial charge is 0.134 e. The molecule has 0 unspecified atom stereocenters. The molecule has 0 amide bonds. The molecule has 0 aliphatic heterocycles. The van der Waals surface area contributed by atoms with Crippen LogP contribution in [0.5, 0.6) is 0 Å². The van der Waals surface area contributed by atoms with Gasteiger partial charge in [-0.05, 0) is 26.8 Å². The molecule has 0 bridgehead atoms. The van der Waals surface area contributed by atoms with Crippen LogP contribution >= 0.6 is 0 Å². The number of ether oxygens (including phenoxy) is 1. The van der Waals surface area contributed by atoms with E-state index in [-0.39, 0.29) is 5.60 Å². The van der Waals surface area contributed by atoms with E-state index in [1.165, 1.54) is 10.9 Å². The van der Waals surface area contributed by atoms with Gasteiger partial charge >= 0.3 is 0 Å². The maximum Gasteiger partial charge on any atom is 0.134 e. The van der Waals surface area contributed by atoms with Crippen LogP contribution in [0.1, 0.15) is 26.3 Å². The summed E-state index contributed by atoms with van der Waals surface area (Å²) >= 11 is 0. The van der Waals surface area contributed by atoms with E-state index in [9.17, 15) is 0 Å². The number of hydrogen-bond acceptors (Lipinski definition) is 3. The van der Waals surface area contributed by atoms with Crippen molar-refractivity contribution in [2.45, 2.75) is 32.9 Å². The molecule has 0 saturated heterocycles. The van der Waals surface area contributed by atoms with Crippen LogP contribution in [0, 0.1) is 0 Å². The molecule has 98 valence electrons. The minimum atomic E-state index is -0.131. The largest absolute Gasteiger partial charge is 0.464 e. The molecule has 2 aromatic rings. The van der Waals surface area contributed by atoms with Crippen molar-refractivity contribution in [1.29, 1.82) is 0 Å². The van der Waals surface area contributed by atoms with Crippen molar-refractivity contribution in [3.05, 3.63) is 36.1 Å². The second-order valence-corrected chi connectivity index (χ2v) is 5.05. The molecule has 1 aromatic heterocycles. The van der Waals surface area contributed by atoms with Crippen molar-refractivity contribution in [1.82, 2.24) is 5.32 Å². The standard InChI is InChI=1S/C15H21NO2/c1-4-18-15(2,3)11-16-9-12-10-17-14-8-6-5-7-13(12)14/h5-8,10,16H,4,9,11H2,1-3H3. The molecule has 1 N–H and O–H groups in total. The first kappa shape index (κ1) is 13.1. The highest BCUT2D eigenvalue weighted by Gasteiger charge is 2.17. The molecule has 0 atom stereocenters. The number of nitrogens with one attached hydrogen (secondary N) is 1. The summed E-state index contributed by atoms with van der Waals surface area (Å²) in [6.07, 6.45) is 1.82. The lowest BCUT2D eigenvalue weighted by Gasteiger charge is -2.24. The highest BCUT2D eigenvalue weighted by atomic mass is 16.5. The van der Waals surface area contributed by atoms with E-state index in [2.05, 4.69) is 25.2 Å². The summed E-state index contributed by atoms with van der Waals surface area (Å²) < 4.78 is 11.2. The predicted molar refractivity (Wildman–Crippen MR) is 73.6 cm³/mol. The van der Waals surface area contributed by atoms with Gasteiger partial charge in [-0.3, -0.25) is 0 Å². The average Bonchev–Trinajstić information content (AvgIpc) is 2.73. The number of benzene rings is 1. The third-order valence-electron chi connectivity index (χ3n) is 2.96. The topological polar surface area (TPSA) is 34.4 Å². The average molecular weight is 247 g/mol. The molecule has 3 nitrogen and oxygen atoms in total. The normalized spacial score (nSPS) is 12.2. The van der Waals surface area contributed by atoms with Crippen LogP contribution in [-0.2, 0) is 11.3 Å². The van der Waals surface area contributed by atoms with E-state index in [1.807, 2.05) is 31.4 Å². The lowest BCUT2D eigenvalue weighted by Crippen LogP contribution is -2.37. The number of rotatable bonds is 6. The van der Waals surface area contributed by atoms with E-state index in [1.54, 1.807) is 0 Å². The van der Waals surface area contributed by atoms with Crippen LogP contribution in [0.4, 0.5) is 0 Å². The van der Waals surface area contributed by atoms with Crippen LogP contribution in [-0.4, -0.2) is 18.8 Å². The summed E-state index contributed by atoms with van der Waals surface area (Å²) in [4.78, 5) is 0. The second-order valence-electron chi connectivity index (χ2n) is 5.05. The molecule has 18 heavy (non-hydrogen) atoms. The quantitative estimate of drug-likeness (QED) is 0.850. The van der Waals surface area contributed by atoms with Gasteiger partial charge in [0.1, 0.15) is 5.58 Å². The van der Waals surface area contributed by atoms with Gasteiger partial charge in [-0.1, -0.05) is 18.2 Å². The summed E-state index contributed by atoms with van der Waals surface area (Å²) in [5.41, 5.74) is 2.00. The van der Waals surface area contributed by atoms with Gasteiger partial charge in [-0.15, -0.1) is 0 Å². The highest BCUT2D eigenvalue weighted by Crippen LogP contribution is 2.20. The zero-order valence-electron chi connectivity index (χ0n) is 11.3. The van der Waals surface area contributed by atoms with Crippen LogP contribution < -0.4 is 5.32 Å². The number of fused-ring (bicyclic) bond motifs is 1. The van der Waals surface area contributed by atoms with Gasteiger partial charge in [0.15, 0.2) is 0 Å². The summed E-state index contributed by atoms with van der Waals surface area (Å²) in [6.45, 7) is 8.57. The second kappa shape index (κ2) is 5.55. The number of hydrogen-bond donors (Lipinski definition) is 1. The van der Waals surface area contributed by atoms with Crippen LogP contribution in [0.15, 0.2) is 34.9 Å². The monoisotopic (exact) mass is 247 g/mol. The zero-order valence-corrected chi connectivity index (χ0v) is 11.3. The molecular formula is C15H21NO2. The van der Waals surface area contributed by atoms with Crippen LogP contribution in [0.25, 0.3) is 11.0 Å². The van der Waals surface area contributed by atoms with E-state index >= 15 is 0 Å². The summed E-state index contributed by atoms with van der Waals surface area (Å²) in [5, 5.41) is 4.60. The molecular weight excluding hydrogens is 226 g/mol. The Bertz CT molecular complexity index is 502. The number of furan rings is 1. The van der Waals surface area contributed by atoms with Crippen LogP contribution in [0.2, 0.25) is 0 Å². The van der Waals surface area contributed by atoms with Gasteiger partial charge in [0, 0.05) is 30.6 Å². The lowest BCUT2D eigenvalue weighted by atomic mass is 10.1. The maximum absolute atomic E-state index is 5.65. The first-order chi connectivity index (χ1) is 8.62. The molecule has 0 spiro atoms. The van der Waals surface area contributed by atoms with Gasteiger partial charge in [0.25, 0.3) is 0 Å². The van der Waals surface area contributed by atoms with Gasteiger partial charge < -0.3 is 14.5 Å². The fourth-order valence-corrected chi connectivity index (χ4v) is 2.11. The molecule has 3 heteroatoms. The Kier molecular flexibility index (Phi) is 4.04. The van der Waals surface area contributed by atoms with E-state index < -0.39 is 0 Å². The third kappa shape index (κ3) is 3.12. The zero-order chi connectivity index (χ0) is 13.0. The van der Waals surface area contributed by atoms with Crippen molar-refractivity contribution in [3.63, 3.8) is 0 Å². The third-order valence-corrected chi connectivity index (χ3v) is 2.96. The molecule has 1 aromatic carbocycles. The fraction of sp³-hybridized carbons (Fsp3) is 0.467. The Hall–Kier alpha value is -1.32. The molecule has 0 aliphatic rings. The van der Waals surface area contributed by atoms with Crippen LogP contribution in [0.3, 0.4) is 0 Å². The highest BCUT2D eigenvalue weighted by molar-refractivity contribution is 5.80. The number of para-hydroxylation sites is 1. The molecule has 0 saturated carbocycles. The first-order valence-corrected chi connectivity index (χ1v) is 6.42. The van der Waals surface area contributed by atoms with Gasteiger partial charge in [0.2, 0.25) is 0 Å². The van der Waals surface area contributed by atoms with Gasteiger partial charge in [-0.25, -0.2) is 0 Å². The lowest BCUT2D eigenvalue weighted by molar-refractivity contribution is -0.00897. The fourth-order valence-electron chi connectivity index (χ4n) is 2.11. The minimum Gasteiger partial charge on any atom is -0.464 e. The van der Waals surface area contributed by atoms with Crippen molar-refractivity contribution >= 4 is 11.0 Å². The molecule has 2 rings (SSSR count). The molecule has 0 radical (unpaired) electrons. The van der Waals surface area contributed by atoms with E-state index in [0.717, 1.165) is 25.3 Å². The van der Waals surface area contributed by atoms with Crippen molar-refractivity contribution in [2.75, 3.05) is 13.2 Å². The first-order valence-electron chi connectivity index (χ1n) is 6.42. The Labute approximate surface area is 108 Å². The van der Waals surface area contributed by atoms with Gasteiger partial charge in [0.05, 0.1) is 11.9 Å². The van der Waals surface area contributed by atoms with E-state index in [4.69, 9.17) is 9.15 Å². The SMILES string of the molecule is CCOC(C)(C)CNCc1coc2ccccc12. The Balaban J connectivity index is 1.94. The summed E-state index contributed by atoms with van der Waals surface area (Å²) in [5.74, 6) is 0. The Morgan fingerprint density at radius 2 is 2.06 bits per heavy atom. The Morgan fingerprint density at radius 1 is 1.28 bits per heavy atom. The summed E-state index contributed by atoms with van der Waals surface area (Å²) in [7, 11) is 0. The molecule has 0 fully saturated rings. The summed E-state index contributed by atoms with van der Waals surface area (Å²) in [6, 6.07) is 8.10. The Morgan fingerprint density at radius 3 is 2.83 bits per heavy atom. The molecule has 1 heterocycles. The van der Waals surface area contributed by atoms with Crippen molar-refractivity contribution < 1.29 is 9.15 Å². The van der Waals surface area contributed by atoms with Crippen molar-refractivity contribution in [2.24, 2.45) is 0 Å². The minimum absolute atomic E-state index is 0.131. The maximum atomic E-state index is 5.65. The predicted octanol–water partition coefficient (Wildman–Crippen LogP) is 3.34. The van der Waals surface area contributed by atoms with Gasteiger partial charge in [-0.2, -0.15) is 0 Å². The molecule has 0 aliphatic carbocycles.